The van der Waals surface area contributed by atoms with E-state index < -0.39 is 5.60 Å². The first-order valence-electron chi connectivity index (χ1n) is 6.53. The van der Waals surface area contributed by atoms with Gasteiger partial charge in [0.25, 0.3) is 5.91 Å². The van der Waals surface area contributed by atoms with E-state index in [0.29, 0.717) is 11.6 Å². The molecule has 3 heteroatoms. The second-order valence-corrected chi connectivity index (χ2v) is 5.63. The van der Waals surface area contributed by atoms with Crippen LogP contribution in [-0.2, 0) is 5.60 Å². The fourth-order valence-corrected chi connectivity index (χ4v) is 2.43. The van der Waals surface area contributed by atoms with Crippen LogP contribution in [0.15, 0.2) is 24.3 Å². The Morgan fingerprint density at radius 3 is 2.72 bits per heavy atom. The van der Waals surface area contributed by atoms with E-state index >= 15 is 0 Å². The third-order valence-corrected chi connectivity index (χ3v) is 3.63. The molecule has 0 unspecified atom stereocenters. The van der Waals surface area contributed by atoms with E-state index in [1.165, 1.54) is 0 Å². The highest BCUT2D eigenvalue weighted by atomic mass is 16.3. The Hall–Kier alpha value is -1.35. The van der Waals surface area contributed by atoms with Gasteiger partial charge >= 0.3 is 0 Å². The molecular weight excluding hydrogens is 226 g/mol. The summed E-state index contributed by atoms with van der Waals surface area (Å²) in [5, 5.41) is 9.99. The normalized spacial score (nSPS) is 20.2. The van der Waals surface area contributed by atoms with Crippen molar-refractivity contribution in [3.8, 4) is 0 Å². The molecule has 1 saturated heterocycles. The first kappa shape index (κ1) is 13.1. The number of benzene rings is 1. The smallest absolute Gasteiger partial charge is 0.254 e. The second kappa shape index (κ2) is 4.73. The number of nitrogens with zero attached hydrogens (tertiary/aromatic N) is 1. The van der Waals surface area contributed by atoms with E-state index in [1.807, 2.05) is 23.1 Å². The number of rotatable bonds is 2. The number of aliphatic hydroxyl groups is 1. The zero-order valence-corrected chi connectivity index (χ0v) is 11.3. The van der Waals surface area contributed by atoms with Crippen LogP contribution in [0, 0.1) is 0 Å². The van der Waals surface area contributed by atoms with Crippen molar-refractivity contribution >= 4 is 5.91 Å². The van der Waals surface area contributed by atoms with Crippen molar-refractivity contribution in [2.24, 2.45) is 0 Å². The average molecular weight is 247 g/mol. The topological polar surface area (TPSA) is 40.5 Å². The monoisotopic (exact) mass is 247 g/mol. The summed E-state index contributed by atoms with van der Waals surface area (Å²) in [5.74, 6) is 0.0751. The molecule has 1 fully saturated rings. The lowest BCUT2D eigenvalue weighted by Gasteiger charge is -2.23. The Morgan fingerprint density at radius 2 is 2.17 bits per heavy atom. The number of hydrogen-bond acceptors (Lipinski definition) is 2. The van der Waals surface area contributed by atoms with Gasteiger partial charge in [-0.05, 0) is 51.3 Å². The van der Waals surface area contributed by atoms with Crippen LogP contribution >= 0.6 is 0 Å². The van der Waals surface area contributed by atoms with E-state index in [-0.39, 0.29) is 5.91 Å². The maximum atomic E-state index is 12.4. The third-order valence-electron chi connectivity index (χ3n) is 3.63. The number of carbonyl (C=O) groups is 1. The molecule has 1 aliphatic rings. The summed E-state index contributed by atoms with van der Waals surface area (Å²) in [4.78, 5) is 14.3. The van der Waals surface area contributed by atoms with Crippen molar-refractivity contribution < 1.29 is 9.90 Å². The van der Waals surface area contributed by atoms with Gasteiger partial charge in [0.05, 0.1) is 5.60 Å². The zero-order chi connectivity index (χ0) is 13.3. The predicted octanol–water partition coefficient (Wildman–Crippen LogP) is 2.54. The first-order valence-corrected chi connectivity index (χ1v) is 6.53. The molecule has 1 heterocycles. The molecule has 3 nitrogen and oxygen atoms in total. The van der Waals surface area contributed by atoms with Crippen LogP contribution in [0.5, 0.6) is 0 Å². The maximum absolute atomic E-state index is 12.4. The molecule has 0 aliphatic carbocycles. The number of amides is 1. The van der Waals surface area contributed by atoms with Gasteiger partial charge < -0.3 is 10.0 Å². The van der Waals surface area contributed by atoms with Crippen LogP contribution in [0.2, 0.25) is 0 Å². The van der Waals surface area contributed by atoms with Crippen LogP contribution < -0.4 is 0 Å². The SMILES string of the molecule is C[C@H]1CCCN1C(=O)c1cccc(C(C)(C)O)c1. The van der Waals surface area contributed by atoms with Gasteiger partial charge in [-0.15, -0.1) is 0 Å². The van der Waals surface area contributed by atoms with Crippen molar-refractivity contribution in [1.29, 1.82) is 0 Å². The van der Waals surface area contributed by atoms with Crippen molar-refractivity contribution in [1.82, 2.24) is 4.90 Å². The predicted molar refractivity (Wildman–Crippen MR) is 71.4 cm³/mol. The summed E-state index contributed by atoms with van der Waals surface area (Å²) >= 11 is 0. The lowest BCUT2D eigenvalue weighted by Crippen LogP contribution is -2.33. The fourth-order valence-electron chi connectivity index (χ4n) is 2.43. The van der Waals surface area contributed by atoms with E-state index in [4.69, 9.17) is 0 Å². The molecule has 1 aliphatic heterocycles. The Balaban J connectivity index is 2.26. The summed E-state index contributed by atoms with van der Waals surface area (Å²) in [6.45, 7) is 6.39. The number of hydrogen-bond donors (Lipinski definition) is 1. The van der Waals surface area contributed by atoms with Gasteiger partial charge in [0, 0.05) is 18.2 Å². The van der Waals surface area contributed by atoms with Gasteiger partial charge in [-0.25, -0.2) is 0 Å². The van der Waals surface area contributed by atoms with E-state index in [0.717, 1.165) is 24.9 Å². The number of carbonyl (C=O) groups excluding carboxylic acids is 1. The van der Waals surface area contributed by atoms with E-state index in [1.54, 1.807) is 19.9 Å². The Morgan fingerprint density at radius 1 is 1.44 bits per heavy atom. The van der Waals surface area contributed by atoms with Crippen molar-refractivity contribution in [2.75, 3.05) is 6.54 Å². The lowest BCUT2D eigenvalue weighted by atomic mass is 9.96. The molecule has 0 spiro atoms. The number of likely N-dealkylation sites (tertiary alicyclic amines) is 1. The fraction of sp³-hybridized carbons (Fsp3) is 0.533. The molecular formula is C15H21NO2. The highest BCUT2D eigenvalue weighted by molar-refractivity contribution is 5.94. The van der Waals surface area contributed by atoms with E-state index in [2.05, 4.69) is 6.92 Å². The minimum atomic E-state index is -0.910. The molecule has 1 aromatic carbocycles. The molecule has 0 saturated carbocycles. The van der Waals surface area contributed by atoms with Crippen LogP contribution in [0.25, 0.3) is 0 Å². The third kappa shape index (κ3) is 2.56. The average Bonchev–Trinajstić information content (AvgIpc) is 2.73. The summed E-state index contributed by atoms with van der Waals surface area (Å²) in [6.07, 6.45) is 2.16. The van der Waals surface area contributed by atoms with Crippen molar-refractivity contribution in [2.45, 2.75) is 45.3 Å². The van der Waals surface area contributed by atoms with Crippen molar-refractivity contribution in [3.05, 3.63) is 35.4 Å². The molecule has 18 heavy (non-hydrogen) atoms. The highest BCUT2D eigenvalue weighted by Crippen LogP contribution is 2.23. The quantitative estimate of drug-likeness (QED) is 0.872. The molecule has 0 radical (unpaired) electrons. The van der Waals surface area contributed by atoms with Gasteiger partial charge in [-0.1, -0.05) is 12.1 Å². The maximum Gasteiger partial charge on any atom is 0.254 e. The summed E-state index contributed by atoms with van der Waals surface area (Å²) in [5.41, 5.74) is 0.538. The Kier molecular flexibility index (Phi) is 3.44. The summed E-state index contributed by atoms with van der Waals surface area (Å²) in [6, 6.07) is 7.63. The molecule has 2 rings (SSSR count). The van der Waals surface area contributed by atoms with E-state index in [9.17, 15) is 9.90 Å². The molecule has 1 amide bonds. The highest BCUT2D eigenvalue weighted by Gasteiger charge is 2.26. The largest absolute Gasteiger partial charge is 0.386 e. The van der Waals surface area contributed by atoms with Gasteiger partial charge in [0.1, 0.15) is 0 Å². The van der Waals surface area contributed by atoms with Crippen molar-refractivity contribution in [3.63, 3.8) is 0 Å². The van der Waals surface area contributed by atoms with Crippen LogP contribution in [0.1, 0.15) is 49.5 Å². The van der Waals surface area contributed by atoms with Gasteiger partial charge in [-0.2, -0.15) is 0 Å². The van der Waals surface area contributed by atoms with Gasteiger partial charge in [0.15, 0.2) is 0 Å². The minimum absolute atomic E-state index is 0.0751. The molecule has 1 aromatic rings. The minimum Gasteiger partial charge on any atom is -0.386 e. The molecule has 1 N–H and O–H groups in total. The molecule has 0 aromatic heterocycles. The molecule has 1 atom stereocenters. The second-order valence-electron chi connectivity index (χ2n) is 5.63. The van der Waals surface area contributed by atoms with Gasteiger partial charge in [-0.3, -0.25) is 4.79 Å². The molecule has 98 valence electrons. The van der Waals surface area contributed by atoms with Crippen LogP contribution in [0.4, 0.5) is 0 Å². The standard InChI is InChI=1S/C15H21NO2/c1-11-6-5-9-16(11)14(17)12-7-4-8-13(10-12)15(2,3)18/h4,7-8,10-11,18H,5-6,9H2,1-3H3/t11-/m0/s1. The van der Waals surface area contributed by atoms with Gasteiger partial charge in [0.2, 0.25) is 0 Å². The summed E-state index contributed by atoms with van der Waals surface area (Å²) < 4.78 is 0. The Bertz CT molecular complexity index is 448. The van der Waals surface area contributed by atoms with Crippen LogP contribution in [-0.4, -0.2) is 28.5 Å². The first-order chi connectivity index (χ1) is 8.39. The zero-order valence-electron chi connectivity index (χ0n) is 11.3. The Labute approximate surface area is 108 Å². The van der Waals surface area contributed by atoms with Crippen LogP contribution in [0.3, 0.4) is 0 Å². The lowest BCUT2D eigenvalue weighted by molar-refractivity contribution is 0.0739. The summed E-state index contributed by atoms with van der Waals surface area (Å²) in [7, 11) is 0. The molecule has 0 bridgehead atoms.